The summed E-state index contributed by atoms with van der Waals surface area (Å²) in [6.07, 6.45) is 4.42. The fourth-order valence-electron chi connectivity index (χ4n) is 0.902. The van der Waals surface area contributed by atoms with E-state index in [2.05, 4.69) is 15.0 Å². The van der Waals surface area contributed by atoms with E-state index in [0.717, 1.165) is 0 Å². The number of aromatic nitrogens is 3. The zero-order chi connectivity index (χ0) is 9.10. The highest BCUT2D eigenvalue weighted by molar-refractivity contribution is 5.46. The second-order valence-electron chi connectivity index (χ2n) is 2.30. The summed E-state index contributed by atoms with van der Waals surface area (Å²) in [5.41, 5.74) is 0.596. The van der Waals surface area contributed by atoms with Gasteiger partial charge in [-0.15, -0.1) is 0 Å². The maximum Gasteiger partial charge on any atom is 0.216 e. The molecule has 2 aromatic rings. The van der Waals surface area contributed by atoms with Crippen molar-refractivity contribution >= 4 is 0 Å². The van der Waals surface area contributed by atoms with Crippen LogP contribution in [0.1, 0.15) is 0 Å². The minimum absolute atomic E-state index is 0.494. The topological polar surface area (TPSA) is 61.0 Å². The standard InChI is InChI=1S/C8H7N3O2/c1-12-7-2-3-9-8(11-7)6-4-13-5-10-6/h2-5H,1H3. The van der Waals surface area contributed by atoms with Gasteiger partial charge in [-0.1, -0.05) is 0 Å². The van der Waals surface area contributed by atoms with E-state index in [4.69, 9.17) is 9.15 Å². The van der Waals surface area contributed by atoms with Crippen LogP contribution < -0.4 is 4.74 Å². The van der Waals surface area contributed by atoms with Crippen LogP contribution in [0.25, 0.3) is 11.5 Å². The first-order valence-corrected chi connectivity index (χ1v) is 3.66. The van der Waals surface area contributed by atoms with Crippen molar-refractivity contribution in [2.75, 3.05) is 7.11 Å². The Labute approximate surface area is 74.4 Å². The molecule has 0 N–H and O–H groups in total. The van der Waals surface area contributed by atoms with E-state index in [1.807, 2.05) is 0 Å². The van der Waals surface area contributed by atoms with Crippen molar-refractivity contribution in [1.29, 1.82) is 0 Å². The fraction of sp³-hybridized carbons (Fsp3) is 0.125. The molecule has 13 heavy (non-hydrogen) atoms. The maximum atomic E-state index is 4.94. The minimum Gasteiger partial charge on any atom is -0.481 e. The van der Waals surface area contributed by atoms with E-state index in [0.29, 0.717) is 17.4 Å². The Hall–Kier alpha value is -1.91. The van der Waals surface area contributed by atoms with E-state index in [1.54, 1.807) is 19.4 Å². The summed E-state index contributed by atoms with van der Waals surface area (Å²) in [6.45, 7) is 0. The first-order chi connectivity index (χ1) is 6.40. The van der Waals surface area contributed by atoms with Crippen LogP contribution in [-0.4, -0.2) is 22.1 Å². The molecule has 0 aromatic carbocycles. The van der Waals surface area contributed by atoms with Gasteiger partial charge in [0.05, 0.1) is 7.11 Å². The molecule has 0 saturated carbocycles. The van der Waals surface area contributed by atoms with Gasteiger partial charge in [0, 0.05) is 12.3 Å². The third kappa shape index (κ3) is 1.48. The summed E-state index contributed by atoms with van der Waals surface area (Å²) in [6, 6.07) is 1.67. The highest BCUT2D eigenvalue weighted by Crippen LogP contribution is 2.13. The van der Waals surface area contributed by atoms with Crippen molar-refractivity contribution in [3.05, 3.63) is 24.9 Å². The Balaban J connectivity index is 2.41. The van der Waals surface area contributed by atoms with Gasteiger partial charge in [0.1, 0.15) is 12.0 Å². The van der Waals surface area contributed by atoms with Crippen molar-refractivity contribution in [2.24, 2.45) is 0 Å². The molecule has 0 fully saturated rings. The first-order valence-electron chi connectivity index (χ1n) is 3.66. The predicted molar refractivity (Wildman–Crippen MR) is 44.1 cm³/mol. The smallest absolute Gasteiger partial charge is 0.216 e. The number of hydrogen-bond acceptors (Lipinski definition) is 5. The molecule has 0 atom stereocenters. The Morgan fingerprint density at radius 2 is 2.31 bits per heavy atom. The molecule has 0 spiro atoms. The molecule has 0 radical (unpaired) electrons. The lowest BCUT2D eigenvalue weighted by Gasteiger charge is -1.98. The third-order valence-corrected chi connectivity index (χ3v) is 1.50. The molecule has 2 heterocycles. The second-order valence-corrected chi connectivity index (χ2v) is 2.30. The highest BCUT2D eigenvalue weighted by Gasteiger charge is 2.04. The molecule has 0 aliphatic carbocycles. The Kier molecular flexibility index (Phi) is 1.91. The average molecular weight is 177 g/mol. The lowest BCUT2D eigenvalue weighted by molar-refractivity contribution is 0.397. The monoisotopic (exact) mass is 177 g/mol. The van der Waals surface area contributed by atoms with Crippen LogP contribution in [0.2, 0.25) is 0 Å². The highest BCUT2D eigenvalue weighted by atomic mass is 16.5. The number of nitrogens with zero attached hydrogens (tertiary/aromatic N) is 3. The number of oxazole rings is 1. The van der Waals surface area contributed by atoms with Gasteiger partial charge >= 0.3 is 0 Å². The summed E-state index contributed by atoms with van der Waals surface area (Å²) >= 11 is 0. The molecular formula is C8H7N3O2. The Morgan fingerprint density at radius 3 is 3.00 bits per heavy atom. The maximum absolute atomic E-state index is 4.94. The van der Waals surface area contributed by atoms with Gasteiger partial charge < -0.3 is 9.15 Å². The molecule has 66 valence electrons. The molecule has 0 aliphatic heterocycles. The number of ether oxygens (including phenoxy) is 1. The van der Waals surface area contributed by atoms with Crippen molar-refractivity contribution in [2.45, 2.75) is 0 Å². The third-order valence-electron chi connectivity index (χ3n) is 1.50. The minimum atomic E-state index is 0.494. The average Bonchev–Trinajstić information content (AvgIpc) is 2.71. The van der Waals surface area contributed by atoms with Crippen LogP contribution in [-0.2, 0) is 0 Å². The molecule has 2 aromatic heterocycles. The van der Waals surface area contributed by atoms with Crippen molar-refractivity contribution in [3.8, 4) is 17.4 Å². The van der Waals surface area contributed by atoms with Crippen molar-refractivity contribution in [3.63, 3.8) is 0 Å². The van der Waals surface area contributed by atoms with E-state index in [9.17, 15) is 0 Å². The largest absolute Gasteiger partial charge is 0.481 e. The second kappa shape index (κ2) is 3.22. The van der Waals surface area contributed by atoms with Gasteiger partial charge in [0.25, 0.3) is 0 Å². The van der Waals surface area contributed by atoms with Gasteiger partial charge in [0.2, 0.25) is 5.88 Å². The Bertz CT molecular complexity index is 386. The number of hydrogen-bond donors (Lipinski definition) is 0. The van der Waals surface area contributed by atoms with Crippen LogP contribution in [0.3, 0.4) is 0 Å². The number of methoxy groups -OCH3 is 1. The van der Waals surface area contributed by atoms with E-state index in [1.165, 1.54) is 12.7 Å². The predicted octanol–water partition coefficient (Wildman–Crippen LogP) is 1.14. The lowest BCUT2D eigenvalue weighted by atomic mass is 10.4. The molecule has 0 aliphatic rings. The zero-order valence-corrected chi connectivity index (χ0v) is 6.97. The quantitative estimate of drug-likeness (QED) is 0.688. The molecule has 2 rings (SSSR count). The summed E-state index contributed by atoms with van der Waals surface area (Å²) < 4.78 is 9.75. The molecular weight excluding hydrogens is 170 g/mol. The summed E-state index contributed by atoms with van der Waals surface area (Å²) in [5, 5.41) is 0. The molecule has 0 amide bonds. The van der Waals surface area contributed by atoms with Gasteiger partial charge in [-0.3, -0.25) is 0 Å². The molecule has 0 bridgehead atoms. The van der Waals surface area contributed by atoms with Crippen molar-refractivity contribution in [1.82, 2.24) is 15.0 Å². The van der Waals surface area contributed by atoms with E-state index < -0.39 is 0 Å². The van der Waals surface area contributed by atoms with Gasteiger partial charge in [-0.2, -0.15) is 4.98 Å². The van der Waals surface area contributed by atoms with Crippen molar-refractivity contribution < 1.29 is 9.15 Å². The van der Waals surface area contributed by atoms with Gasteiger partial charge in [0.15, 0.2) is 12.2 Å². The molecule has 0 unspecified atom stereocenters. The summed E-state index contributed by atoms with van der Waals surface area (Å²) in [5.74, 6) is 1.00. The molecule has 5 heteroatoms. The summed E-state index contributed by atoms with van der Waals surface area (Å²) in [7, 11) is 1.55. The van der Waals surface area contributed by atoms with E-state index in [-0.39, 0.29) is 0 Å². The first kappa shape index (κ1) is 7.72. The molecule has 5 nitrogen and oxygen atoms in total. The van der Waals surface area contributed by atoms with Crippen LogP contribution >= 0.6 is 0 Å². The van der Waals surface area contributed by atoms with Gasteiger partial charge in [-0.25, -0.2) is 9.97 Å². The summed E-state index contributed by atoms with van der Waals surface area (Å²) in [4.78, 5) is 12.0. The SMILES string of the molecule is COc1ccnc(-c2cocn2)n1. The van der Waals surface area contributed by atoms with Gasteiger partial charge in [-0.05, 0) is 0 Å². The Morgan fingerprint density at radius 1 is 1.38 bits per heavy atom. The van der Waals surface area contributed by atoms with Crippen LogP contribution in [0.5, 0.6) is 5.88 Å². The van der Waals surface area contributed by atoms with Crippen LogP contribution in [0.15, 0.2) is 29.3 Å². The number of rotatable bonds is 2. The zero-order valence-electron chi connectivity index (χ0n) is 6.97. The van der Waals surface area contributed by atoms with Crippen LogP contribution in [0, 0.1) is 0 Å². The fourth-order valence-corrected chi connectivity index (χ4v) is 0.902. The van der Waals surface area contributed by atoms with E-state index >= 15 is 0 Å². The lowest BCUT2D eigenvalue weighted by Crippen LogP contribution is -1.92. The normalized spacial score (nSPS) is 9.92. The molecule has 0 saturated heterocycles. The van der Waals surface area contributed by atoms with Crippen LogP contribution in [0.4, 0.5) is 0 Å².